The van der Waals surface area contributed by atoms with Crippen LogP contribution in [0, 0.1) is 0 Å². The molecule has 0 radical (unpaired) electrons. The summed E-state index contributed by atoms with van der Waals surface area (Å²) in [5.41, 5.74) is -0.398. The first kappa shape index (κ1) is 14.0. The molecule has 20 heavy (non-hydrogen) atoms. The van der Waals surface area contributed by atoms with E-state index in [1.807, 2.05) is 14.0 Å². The van der Waals surface area contributed by atoms with Crippen molar-refractivity contribution in [2.45, 2.75) is 50.2 Å². The number of hydrogen-bond donors (Lipinski definition) is 1. The van der Waals surface area contributed by atoms with Crippen LogP contribution in [0.3, 0.4) is 0 Å². The van der Waals surface area contributed by atoms with Crippen molar-refractivity contribution < 1.29 is 14.0 Å². The zero-order valence-electron chi connectivity index (χ0n) is 12.2. The molecule has 0 aliphatic carbocycles. The molecule has 0 aromatic carbocycles. The number of nitrogens with one attached hydrogen (secondary N) is 1. The Bertz CT molecular complexity index is 443. The Morgan fingerprint density at radius 1 is 1.30 bits per heavy atom. The van der Waals surface area contributed by atoms with Gasteiger partial charge in [0.05, 0.1) is 12.5 Å². The third kappa shape index (κ3) is 2.60. The van der Waals surface area contributed by atoms with Crippen molar-refractivity contribution in [3.8, 4) is 0 Å². The Morgan fingerprint density at radius 3 is 2.95 bits per heavy atom. The van der Waals surface area contributed by atoms with Gasteiger partial charge in [-0.3, -0.25) is 0 Å². The summed E-state index contributed by atoms with van der Waals surface area (Å²) >= 11 is 0. The summed E-state index contributed by atoms with van der Waals surface area (Å²) in [6.07, 6.45) is 4.17. The number of rotatable bonds is 3. The smallest absolute Gasteiger partial charge is 0.233 e. The van der Waals surface area contributed by atoms with Gasteiger partial charge in [0.2, 0.25) is 11.7 Å². The van der Waals surface area contributed by atoms with E-state index in [1.165, 1.54) is 0 Å². The molecule has 3 atom stereocenters. The first-order valence-electron chi connectivity index (χ1n) is 7.46. The van der Waals surface area contributed by atoms with Crippen LogP contribution >= 0.6 is 0 Å². The fourth-order valence-electron chi connectivity index (χ4n) is 3.04. The Kier molecular flexibility index (Phi) is 4.05. The predicted octanol–water partition coefficient (Wildman–Crippen LogP) is 1.58. The first-order chi connectivity index (χ1) is 9.73. The van der Waals surface area contributed by atoms with Gasteiger partial charge in [-0.1, -0.05) is 5.16 Å². The van der Waals surface area contributed by atoms with Gasteiger partial charge in [0, 0.05) is 19.3 Å². The largest absolute Gasteiger partial charge is 0.381 e. The summed E-state index contributed by atoms with van der Waals surface area (Å²) < 4.78 is 16.9. The van der Waals surface area contributed by atoms with Crippen LogP contribution in [0.4, 0.5) is 0 Å². The van der Waals surface area contributed by atoms with Gasteiger partial charge < -0.3 is 19.3 Å². The van der Waals surface area contributed by atoms with Crippen LogP contribution in [0.25, 0.3) is 0 Å². The average Bonchev–Trinajstić information content (AvgIpc) is 2.98. The Balaban J connectivity index is 1.78. The standard InChI is InChI=1S/C14H23N3O3/c1-14(6-3-4-7-19-14)13-16-12(20-17-13)10-9-18-8-5-11(10)15-2/h10-11,15H,3-9H2,1-2H3. The highest BCUT2D eigenvalue weighted by Crippen LogP contribution is 2.34. The summed E-state index contributed by atoms with van der Waals surface area (Å²) in [6, 6.07) is 0.331. The highest BCUT2D eigenvalue weighted by Gasteiger charge is 2.37. The molecule has 1 N–H and O–H groups in total. The molecule has 0 spiro atoms. The number of nitrogens with zero attached hydrogens (tertiary/aromatic N) is 2. The van der Waals surface area contributed by atoms with E-state index >= 15 is 0 Å². The van der Waals surface area contributed by atoms with Crippen LogP contribution in [-0.2, 0) is 15.1 Å². The highest BCUT2D eigenvalue weighted by molar-refractivity contribution is 5.06. The summed E-state index contributed by atoms with van der Waals surface area (Å²) in [7, 11) is 1.96. The molecule has 0 bridgehead atoms. The molecule has 1 aromatic rings. The van der Waals surface area contributed by atoms with E-state index in [0.717, 1.165) is 38.9 Å². The van der Waals surface area contributed by atoms with E-state index < -0.39 is 5.60 Å². The van der Waals surface area contributed by atoms with Crippen molar-refractivity contribution in [2.75, 3.05) is 26.9 Å². The average molecular weight is 281 g/mol. The maximum atomic E-state index is 5.87. The van der Waals surface area contributed by atoms with E-state index in [9.17, 15) is 0 Å². The molecule has 3 rings (SSSR count). The molecule has 2 saturated heterocycles. The molecule has 2 fully saturated rings. The summed E-state index contributed by atoms with van der Waals surface area (Å²) in [5.74, 6) is 1.46. The van der Waals surface area contributed by atoms with Crippen LogP contribution in [0.5, 0.6) is 0 Å². The Labute approximate surface area is 119 Å². The number of hydrogen-bond acceptors (Lipinski definition) is 6. The second-order valence-corrected chi connectivity index (χ2v) is 5.86. The van der Waals surface area contributed by atoms with Gasteiger partial charge in [0.1, 0.15) is 5.60 Å². The highest BCUT2D eigenvalue weighted by atomic mass is 16.5. The maximum absolute atomic E-state index is 5.87. The van der Waals surface area contributed by atoms with Crippen molar-refractivity contribution >= 4 is 0 Å². The van der Waals surface area contributed by atoms with E-state index in [2.05, 4.69) is 15.5 Å². The van der Waals surface area contributed by atoms with Gasteiger partial charge in [-0.2, -0.15) is 4.98 Å². The van der Waals surface area contributed by atoms with Crippen LogP contribution < -0.4 is 5.32 Å². The van der Waals surface area contributed by atoms with E-state index in [4.69, 9.17) is 14.0 Å². The first-order valence-corrected chi connectivity index (χ1v) is 7.46. The molecule has 3 heterocycles. The van der Waals surface area contributed by atoms with E-state index in [1.54, 1.807) is 0 Å². The predicted molar refractivity (Wildman–Crippen MR) is 72.5 cm³/mol. The van der Waals surface area contributed by atoms with E-state index in [-0.39, 0.29) is 5.92 Å². The van der Waals surface area contributed by atoms with E-state index in [0.29, 0.717) is 24.4 Å². The fourth-order valence-corrected chi connectivity index (χ4v) is 3.04. The second-order valence-electron chi connectivity index (χ2n) is 5.86. The molecular formula is C14H23N3O3. The SMILES string of the molecule is CNC1CCOCC1c1nc(C2(C)CCCCO2)no1. The van der Waals surface area contributed by atoms with Crippen LogP contribution in [0.2, 0.25) is 0 Å². The van der Waals surface area contributed by atoms with Crippen molar-refractivity contribution in [2.24, 2.45) is 0 Å². The lowest BCUT2D eigenvalue weighted by molar-refractivity contribution is -0.0770. The fraction of sp³-hybridized carbons (Fsp3) is 0.857. The molecule has 6 nitrogen and oxygen atoms in total. The molecule has 0 saturated carbocycles. The second kappa shape index (κ2) is 5.79. The molecule has 112 valence electrons. The molecule has 0 amide bonds. The summed E-state index contributed by atoms with van der Waals surface area (Å²) in [5, 5.41) is 7.47. The van der Waals surface area contributed by atoms with Crippen LogP contribution in [-0.4, -0.2) is 43.1 Å². The molecule has 1 aromatic heterocycles. The van der Waals surface area contributed by atoms with Crippen LogP contribution in [0.15, 0.2) is 4.52 Å². The minimum absolute atomic E-state index is 0.127. The third-order valence-corrected chi connectivity index (χ3v) is 4.43. The van der Waals surface area contributed by atoms with Gasteiger partial charge in [-0.15, -0.1) is 0 Å². The summed E-state index contributed by atoms with van der Waals surface area (Å²) in [6.45, 7) is 4.23. The van der Waals surface area contributed by atoms with Crippen molar-refractivity contribution in [3.05, 3.63) is 11.7 Å². The topological polar surface area (TPSA) is 69.4 Å². The van der Waals surface area contributed by atoms with Crippen molar-refractivity contribution in [3.63, 3.8) is 0 Å². The normalized spacial score (nSPS) is 35.1. The number of likely N-dealkylation sites (N-methyl/N-ethyl adjacent to an activating group) is 1. The molecular weight excluding hydrogens is 258 g/mol. The molecule has 3 unspecified atom stereocenters. The van der Waals surface area contributed by atoms with Crippen molar-refractivity contribution in [1.82, 2.24) is 15.5 Å². The van der Waals surface area contributed by atoms with Gasteiger partial charge in [0.25, 0.3) is 0 Å². The molecule has 2 aliphatic heterocycles. The lowest BCUT2D eigenvalue weighted by atomic mass is 9.94. The Morgan fingerprint density at radius 2 is 2.20 bits per heavy atom. The van der Waals surface area contributed by atoms with Gasteiger partial charge >= 0.3 is 0 Å². The molecule has 6 heteroatoms. The van der Waals surface area contributed by atoms with Gasteiger partial charge in [-0.05, 0) is 39.7 Å². The zero-order chi connectivity index (χ0) is 14.0. The lowest BCUT2D eigenvalue weighted by Gasteiger charge is -2.31. The summed E-state index contributed by atoms with van der Waals surface area (Å²) in [4.78, 5) is 4.60. The lowest BCUT2D eigenvalue weighted by Crippen LogP contribution is -2.39. The Hall–Kier alpha value is -0.980. The maximum Gasteiger partial charge on any atom is 0.233 e. The minimum atomic E-state index is -0.398. The monoisotopic (exact) mass is 281 g/mol. The minimum Gasteiger partial charge on any atom is -0.381 e. The van der Waals surface area contributed by atoms with Gasteiger partial charge in [0.15, 0.2) is 0 Å². The number of aromatic nitrogens is 2. The van der Waals surface area contributed by atoms with Crippen LogP contribution in [0.1, 0.15) is 50.2 Å². The zero-order valence-corrected chi connectivity index (χ0v) is 12.2. The molecule has 2 aliphatic rings. The number of ether oxygens (including phenoxy) is 2. The quantitative estimate of drug-likeness (QED) is 0.907. The van der Waals surface area contributed by atoms with Crippen molar-refractivity contribution in [1.29, 1.82) is 0 Å². The van der Waals surface area contributed by atoms with Gasteiger partial charge in [-0.25, -0.2) is 0 Å². The third-order valence-electron chi connectivity index (χ3n) is 4.43.